The molecule has 0 saturated carbocycles. The summed E-state index contributed by atoms with van der Waals surface area (Å²) in [6, 6.07) is 1.12. The monoisotopic (exact) mass is 280 g/mol. The van der Waals surface area contributed by atoms with E-state index in [1.165, 1.54) is 12.3 Å². The number of hydrogen-bond donors (Lipinski definition) is 3. The lowest BCUT2D eigenvalue weighted by Gasteiger charge is -2.34. The molecular formula is C13H16N2O5. The molecule has 1 unspecified atom stereocenters. The molecule has 1 saturated heterocycles. The summed E-state index contributed by atoms with van der Waals surface area (Å²) in [6.45, 7) is 8.72. The molecule has 1 aliphatic rings. The SMILES string of the molecule is C=CC(C)[C@@]1(O)[C@H](O)C(=C)O[C@H]1n1ccc(=O)[nH]c1=O. The zero-order valence-electron chi connectivity index (χ0n) is 10.9. The Morgan fingerprint density at radius 2 is 2.25 bits per heavy atom. The van der Waals surface area contributed by atoms with Gasteiger partial charge in [-0.1, -0.05) is 19.6 Å². The second kappa shape index (κ2) is 4.77. The molecule has 0 radical (unpaired) electrons. The maximum Gasteiger partial charge on any atom is 0.331 e. The highest BCUT2D eigenvalue weighted by molar-refractivity contribution is 5.17. The van der Waals surface area contributed by atoms with Gasteiger partial charge >= 0.3 is 5.69 Å². The first-order valence-corrected chi connectivity index (χ1v) is 6.02. The molecule has 108 valence electrons. The third-order valence-corrected chi connectivity index (χ3v) is 3.59. The fourth-order valence-electron chi connectivity index (χ4n) is 2.25. The third-order valence-electron chi connectivity index (χ3n) is 3.59. The quantitative estimate of drug-likeness (QED) is 0.647. The summed E-state index contributed by atoms with van der Waals surface area (Å²) < 4.78 is 6.32. The molecule has 20 heavy (non-hydrogen) atoms. The summed E-state index contributed by atoms with van der Waals surface area (Å²) in [5.74, 6) is -0.634. The molecule has 7 heteroatoms. The zero-order chi connectivity index (χ0) is 15.1. The van der Waals surface area contributed by atoms with Crippen LogP contribution in [-0.2, 0) is 4.74 Å². The maximum absolute atomic E-state index is 11.8. The average Bonchev–Trinajstić information content (AvgIpc) is 2.63. The molecule has 2 heterocycles. The summed E-state index contributed by atoms with van der Waals surface area (Å²) >= 11 is 0. The molecule has 1 aromatic rings. The lowest BCUT2D eigenvalue weighted by atomic mass is 9.83. The Morgan fingerprint density at radius 1 is 1.60 bits per heavy atom. The van der Waals surface area contributed by atoms with Crippen molar-refractivity contribution in [3.63, 3.8) is 0 Å². The van der Waals surface area contributed by atoms with Crippen molar-refractivity contribution in [3.8, 4) is 0 Å². The summed E-state index contributed by atoms with van der Waals surface area (Å²) in [5, 5.41) is 20.8. The molecular weight excluding hydrogens is 264 g/mol. The number of aromatic nitrogens is 2. The topological polar surface area (TPSA) is 105 Å². The van der Waals surface area contributed by atoms with Gasteiger partial charge in [0, 0.05) is 18.2 Å². The standard InChI is InChI=1S/C13H16N2O5/c1-4-7(2)13(19)10(17)8(3)20-11(13)15-6-5-9(16)14-12(15)18/h4-7,10-11,17,19H,1,3H2,2H3,(H,14,16,18)/t7?,10-,11-,13-/m1/s1. The second-order valence-electron chi connectivity index (χ2n) is 4.77. The van der Waals surface area contributed by atoms with E-state index in [4.69, 9.17) is 4.74 Å². The first-order valence-electron chi connectivity index (χ1n) is 6.02. The van der Waals surface area contributed by atoms with Gasteiger partial charge in [-0.2, -0.15) is 0 Å². The van der Waals surface area contributed by atoms with Crippen molar-refractivity contribution in [1.29, 1.82) is 0 Å². The van der Waals surface area contributed by atoms with Gasteiger partial charge in [-0.15, -0.1) is 6.58 Å². The van der Waals surface area contributed by atoms with Crippen LogP contribution in [0, 0.1) is 5.92 Å². The number of ether oxygens (including phenoxy) is 1. The summed E-state index contributed by atoms with van der Waals surface area (Å²) in [5.41, 5.74) is -3.12. The van der Waals surface area contributed by atoms with Gasteiger partial charge in [0.25, 0.3) is 5.56 Å². The van der Waals surface area contributed by atoms with Gasteiger partial charge in [0.05, 0.1) is 0 Å². The highest BCUT2D eigenvalue weighted by atomic mass is 16.6. The molecule has 2 rings (SSSR count). The Balaban J connectivity index is 2.59. The number of aliphatic hydroxyl groups excluding tert-OH is 1. The minimum Gasteiger partial charge on any atom is -0.469 e. The van der Waals surface area contributed by atoms with Gasteiger partial charge in [-0.25, -0.2) is 4.79 Å². The summed E-state index contributed by atoms with van der Waals surface area (Å²) in [7, 11) is 0. The Kier molecular flexibility index (Phi) is 3.41. The summed E-state index contributed by atoms with van der Waals surface area (Å²) in [4.78, 5) is 25.0. The van der Waals surface area contributed by atoms with E-state index >= 15 is 0 Å². The Hall–Kier alpha value is -2.12. The van der Waals surface area contributed by atoms with Gasteiger partial charge in [0.2, 0.25) is 6.23 Å². The van der Waals surface area contributed by atoms with E-state index in [1.807, 2.05) is 0 Å². The molecule has 4 atom stereocenters. The highest BCUT2D eigenvalue weighted by Crippen LogP contribution is 2.44. The lowest BCUT2D eigenvalue weighted by molar-refractivity contribution is -0.130. The van der Waals surface area contributed by atoms with Gasteiger partial charge in [-0.3, -0.25) is 14.3 Å². The largest absolute Gasteiger partial charge is 0.469 e. The van der Waals surface area contributed by atoms with Crippen LogP contribution in [-0.4, -0.2) is 31.5 Å². The van der Waals surface area contributed by atoms with Crippen molar-refractivity contribution in [1.82, 2.24) is 9.55 Å². The summed E-state index contributed by atoms with van der Waals surface area (Å²) in [6.07, 6.45) is 0.0500. The molecule has 0 amide bonds. The third kappa shape index (κ3) is 1.91. The molecule has 1 aromatic heterocycles. The van der Waals surface area contributed by atoms with Crippen LogP contribution in [0.3, 0.4) is 0 Å². The van der Waals surface area contributed by atoms with Crippen molar-refractivity contribution in [3.05, 3.63) is 58.1 Å². The number of aromatic amines is 1. The molecule has 0 spiro atoms. The zero-order valence-corrected chi connectivity index (χ0v) is 10.9. The van der Waals surface area contributed by atoms with E-state index in [2.05, 4.69) is 18.1 Å². The van der Waals surface area contributed by atoms with E-state index in [9.17, 15) is 19.8 Å². The van der Waals surface area contributed by atoms with Gasteiger partial charge in [-0.05, 0) is 0 Å². The molecule has 1 aliphatic heterocycles. The van der Waals surface area contributed by atoms with Gasteiger partial charge in [0.1, 0.15) is 11.9 Å². The van der Waals surface area contributed by atoms with Crippen LogP contribution < -0.4 is 11.2 Å². The highest BCUT2D eigenvalue weighted by Gasteiger charge is 2.56. The maximum atomic E-state index is 11.8. The Morgan fingerprint density at radius 3 is 2.80 bits per heavy atom. The molecule has 3 N–H and O–H groups in total. The molecule has 0 aromatic carbocycles. The van der Waals surface area contributed by atoms with E-state index < -0.39 is 35.1 Å². The predicted molar refractivity (Wildman–Crippen MR) is 70.9 cm³/mol. The number of aliphatic hydroxyl groups is 2. The lowest BCUT2D eigenvalue weighted by Crippen LogP contribution is -2.51. The van der Waals surface area contributed by atoms with Crippen molar-refractivity contribution < 1.29 is 14.9 Å². The van der Waals surface area contributed by atoms with Crippen LogP contribution in [0.15, 0.2) is 46.8 Å². The minimum absolute atomic E-state index is 0.0516. The second-order valence-corrected chi connectivity index (χ2v) is 4.77. The van der Waals surface area contributed by atoms with E-state index in [0.29, 0.717) is 0 Å². The Bertz CT molecular complexity index is 661. The fraction of sp³-hybridized carbons (Fsp3) is 0.385. The number of nitrogens with zero attached hydrogens (tertiary/aromatic N) is 1. The van der Waals surface area contributed by atoms with Crippen molar-refractivity contribution in [2.45, 2.75) is 24.9 Å². The van der Waals surface area contributed by atoms with Crippen LogP contribution in [0.25, 0.3) is 0 Å². The Labute approximate surface area is 114 Å². The average molecular weight is 280 g/mol. The van der Waals surface area contributed by atoms with Crippen molar-refractivity contribution in [2.75, 3.05) is 0 Å². The van der Waals surface area contributed by atoms with Crippen LogP contribution in [0.5, 0.6) is 0 Å². The number of H-pyrrole nitrogens is 1. The molecule has 0 aliphatic carbocycles. The van der Waals surface area contributed by atoms with Crippen LogP contribution in [0.2, 0.25) is 0 Å². The van der Waals surface area contributed by atoms with Gasteiger partial charge in [0.15, 0.2) is 5.60 Å². The molecule has 0 bridgehead atoms. The first kappa shape index (κ1) is 14.3. The predicted octanol–water partition coefficient (Wildman–Crippen LogP) is -0.507. The normalized spacial score (nSPS) is 30.9. The van der Waals surface area contributed by atoms with Crippen LogP contribution >= 0.6 is 0 Å². The van der Waals surface area contributed by atoms with Gasteiger partial charge < -0.3 is 14.9 Å². The van der Waals surface area contributed by atoms with Crippen LogP contribution in [0.1, 0.15) is 13.2 Å². The number of rotatable bonds is 3. The van der Waals surface area contributed by atoms with Crippen molar-refractivity contribution >= 4 is 0 Å². The molecule has 1 fully saturated rings. The smallest absolute Gasteiger partial charge is 0.331 e. The number of nitrogens with one attached hydrogen (secondary N) is 1. The molecule has 7 nitrogen and oxygen atoms in total. The van der Waals surface area contributed by atoms with E-state index in [-0.39, 0.29) is 5.76 Å². The van der Waals surface area contributed by atoms with E-state index in [0.717, 1.165) is 10.6 Å². The minimum atomic E-state index is -1.80. The van der Waals surface area contributed by atoms with E-state index in [1.54, 1.807) is 6.92 Å². The van der Waals surface area contributed by atoms with Crippen molar-refractivity contribution in [2.24, 2.45) is 5.92 Å². The number of hydrogen-bond acceptors (Lipinski definition) is 5. The fourth-order valence-corrected chi connectivity index (χ4v) is 2.25. The first-order chi connectivity index (χ1) is 9.32. The van der Waals surface area contributed by atoms with Crippen LogP contribution in [0.4, 0.5) is 0 Å².